The summed E-state index contributed by atoms with van der Waals surface area (Å²) in [5.74, 6) is 0.00610. The molecule has 1 rings (SSSR count). The summed E-state index contributed by atoms with van der Waals surface area (Å²) in [6, 6.07) is 5.98. The first-order chi connectivity index (χ1) is 7.58. The molecule has 0 unspecified atom stereocenters. The molecular weight excluding hydrogens is 200 g/mol. The number of nitrogens with two attached hydrogens (primary N) is 1. The Kier molecular flexibility index (Phi) is 4.35. The molecule has 0 aromatic heterocycles. The lowest BCUT2D eigenvalue weighted by atomic mass is 10.1. The smallest absolute Gasteiger partial charge is 0.161 e. The van der Waals surface area contributed by atoms with Gasteiger partial charge < -0.3 is 11.1 Å². The van der Waals surface area contributed by atoms with Gasteiger partial charge in [-0.1, -0.05) is 13.8 Å². The lowest BCUT2D eigenvalue weighted by Gasteiger charge is -2.17. The molecule has 0 saturated heterocycles. The lowest BCUT2D eigenvalue weighted by molar-refractivity contribution is 0.101. The lowest BCUT2D eigenvalue weighted by Crippen LogP contribution is -2.17. The summed E-state index contributed by atoms with van der Waals surface area (Å²) >= 11 is 0. The van der Waals surface area contributed by atoms with Gasteiger partial charge in [0.1, 0.15) is 0 Å². The van der Waals surface area contributed by atoms with Crippen LogP contribution in [0.15, 0.2) is 18.2 Å². The van der Waals surface area contributed by atoms with Gasteiger partial charge in [-0.25, -0.2) is 0 Å². The van der Waals surface area contributed by atoms with Crippen LogP contribution in [0.3, 0.4) is 0 Å². The summed E-state index contributed by atoms with van der Waals surface area (Å²) in [7, 11) is 0. The average molecular weight is 220 g/mol. The van der Waals surface area contributed by atoms with Crippen LogP contribution < -0.4 is 11.1 Å². The third kappa shape index (κ3) is 2.99. The largest absolute Gasteiger partial charge is 0.398 e. The van der Waals surface area contributed by atoms with Crippen molar-refractivity contribution in [1.82, 2.24) is 0 Å². The second-order valence-electron chi connectivity index (χ2n) is 4.02. The third-order valence-corrected chi connectivity index (χ3v) is 2.79. The van der Waals surface area contributed by atoms with Crippen LogP contribution in [-0.4, -0.2) is 11.8 Å². The van der Waals surface area contributed by atoms with Crippen LogP contribution in [0.1, 0.15) is 44.0 Å². The molecule has 1 aromatic carbocycles. The molecule has 88 valence electrons. The number of nitrogen functional groups attached to an aromatic ring is 1. The molecular formula is C13H20N2O. The number of carbonyl (C=O) groups is 1. The standard InChI is InChI=1S/C13H20N2O/c1-4-10(5-2)15-11-6-7-12(9(3)16)13(14)8-11/h6-8,10,15H,4-5,14H2,1-3H3. The van der Waals surface area contributed by atoms with Gasteiger partial charge in [0.15, 0.2) is 5.78 Å². The molecule has 0 heterocycles. The normalized spacial score (nSPS) is 10.5. The van der Waals surface area contributed by atoms with E-state index in [9.17, 15) is 4.79 Å². The van der Waals surface area contributed by atoms with Crippen molar-refractivity contribution < 1.29 is 4.79 Å². The van der Waals surface area contributed by atoms with Crippen LogP contribution in [0.25, 0.3) is 0 Å². The van der Waals surface area contributed by atoms with Crippen molar-refractivity contribution in [3.05, 3.63) is 23.8 Å². The summed E-state index contributed by atoms with van der Waals surface area (Å²) in [5.41, 5.74) is 7.94. The van der Waals surface area contributed by atoms with E-state index in [0.29, 0.717) is 17.3 Å². The minimum Gasteiger partial charge on any atom is -0.398 e. The highest BCUT2D eigenvalue weighted by Gasteiger charge is 2.07. The Balaban J connectivity index is 2.84. The van der Waals surface area contributed by atoms with Gasteiger partial charge in [0, 0.05) is 23.0 Å². The van der Waals surface area contributed by atoms with E-state index in [4.69, 9.17) is 5.73 Å². The molecule has 3 N–H and O–H groups in total. The molecule has 0 spiro atoms. The van der Waals surface area contributed by atoms with E-state index < -0.39 is 0 Å². The predicted octanol–water partition coefficient (Wildman–Crippen LogP) is 3.07. The van der Waals surface area contributed by atoms with Crippen molar-refractivity contribution >= 4 is 17.2 Å². The zero-order valence-electron chi connectivity index (χ0n) is 10.2. The number of hydrogen-bond acceptors (Lipinski definition) is 3. The molecule has 3 nitrogen and oxygen atoms in total. The molecule has 0 saturated carbocycles. The number of rotatable bonds is 5. The van der Waals surface area contributed by atoms with Crippen molar-refractivity contribution in [2.75, 3.05) is 11.1 Å². The first-order valence-corrected chi connectivity index (χ1v) is 5.75. The van der Waals surface area contributed by atoms with Crippen molar-refractivity contribution in [3.63, 3.8) is 0 Å². The van der Waals surface area contributed by atoms with Crippen LogP contribution in [0, 0.1) is 0 Å². The van der Waals surface area contributed by atoms with Gasteiger partial charge in [0.05, 0.1) is 0 Å². The maximum absolute atomic E-state index is 11.2. The predicted molar refractivity (Wildman–Crippen MR) is 68.9 cm³/mol. The van der Waals surface area contributed by atoms with Crippen LogP contribution in [0.5, 0.6) is 0 Å². The number of hydrogen-bond donors (Lipinski definition) is 2. The number of carbonyl (C=O) groups excluding carboxylic acids is 1. The van der Waals surface area contributed by atoms with Crippen LogP contribution in [0.2, 0.25) is 0 Å². The fraction of sp³-hybridized carbons (Fsp3) is 0.462. The van der Waals surface area contributed by atoms with E-state index in [0.717, 1.165) is 18.5 Å². The van der Waals surface area contributed by atoms with Crippen molar-refractivity contribution in [1.29, 1.82) is 0 Å². The van der Waals surface area contributed by atoms with Crippen LogP contribution in [0.4, 0.5) is 11.4 Å². The highest BCUT2D eigenvalue weighted by molar-refractivity contribution is 5.99. The van der Waals surface area contributed by atoms with Crippen LogP contribution >= 0.6 is 0 Å². The minimum atomic E-state index is 0.00610. The molecule has 0 atom stereocenters. The second-order valence-corrected chi connectivity index (χ2v) is 4.02. The Hall–Kier alpha value is -1.51. The Labute approximate surface area is 97.0 Å². The van der Waals surface area contributed by atoms with Gasteiger partial charge in [0.2, 0.25) is 0 Å². The molecule has 0 aliphatic rings. The van der Waals surface area contributed by atoms with E-state index >= 15 is 0 Å². The Morgan fingerprint density at radius 1 is 1.38 bits per heavy atom. The first-order valence-electron chi connectivity index (χ1n) is 5.75. The number of nitrogens with one attached hydrogen (secondary N) is 1. The van der Waals surface area contributed by atoms with Crippen molar-refractivity contribution in [3.8, 4) is 0 Å². The molecule has 16 heavy (non-hydrogen) atoms. The van der Waals surface area contributed by atoms with E-state index in [-0.39, 0.29) is 5.78 Å². The summed E-state index contributed by atoms with van der Waals surface area (Å²) < 4.78 is 0. The maximum Gasteiger partial charge on any atom is 0.161 e. The van der Waals surface area contributed by atoms with Gasteiger partial charge in [0.25, 0.3) is 0 Å². The summed E-state index contributed by atoms with van der Waals surface area (Å²) in [6.45, 7) is 5.82. The van der Waals surface area contributed by atoms with E-state index in [2.05, 4.69) is 19.2 Å². The zero-order valence-corrected chi connectivity index (χ0v) is 10.2. The van der Waals surface area contributed by atoms with E-state index in [1.54, 1.807) is 6.07 Å². The Morgan fingerprint density at radius 2 is 2.00 bits per heavy atom. The van der Waals surface area contributed by atoms with Crippen LogP contribution in [-0.2, 0) is 0 Å². The average Bonchev–Trinajstić information content (AvgIpc) is 2.25. The summed E-state index contributed by atoms with van der Waals surface area (Å²) in [6.07, 6.45) is 2.15. The molecule has 0 aliphatic heterocycles. The molecule has 0 amide bonds. The van der Waals surface area contributed by atoms with Gasteiger partial charge in [-0.15, -0.1) is 0 Å². The minimum absolute atomic E-state index is 0.00610. The van der Waals surface area contributed by atoms with Crippen molar-refractivity contribution in [2.45, 2.75) is 39.7 Å². The van der Waals surface area contributed by atoms with E-state index in [1.807, 2.05) is 12.1 Å². The number of benzene rings is 1. The second kappa shape index (κ2) is 5.54. The van der Waals surface area contributed by atoms with Crippen molar-refractivity contribution in [2.24, 2.45) is 0 Å². The number of Topliss-reactive ketones (excluding diaryl/α,β-unsaturated/α-hetero) is 1. The summed E-state index contributed by atoms with van der Waals surface area (Å²) in [4.78, 5) is 11.2. The third-order valence-electron chi connectivity index (χ3n) is 2.79. The Bertz CT molecular complexity index is 370. The molecule has 0 radical (unpaired) electrons. The molecule has 3 heteroatoms. The van der Waals surface area contributed by atoms with E-state index in [1.165, 1.54) is 6.92 Å². The van der Waals surface area contributed by atoms with Gasteiger partial charge in [-0.2, -0.15) is 0 Å². The Morgan fingerprint density at radius 3 is 2.44 bits per heavy atom. The van der Waals surface area contributed by atoms with Gasteiger partial charge >= 0.3 is 0 Å². The van der Waals surface area contributed by atoms with Gasteiger partial charge in [-0.3, -0.25) is 4.79 Å². The fourth-order valence-corrected chi connectivity index (χ4v) is 1.70. The molecule has 0 bridgehead atoms. The first kappa shape index (κ1) is 12.6. The molecule has 0 fully saturated rings. The topological polar surface area (TPSA) is 55.1 Å². The highest BCUT2D eigenvalue weighted by atomic mass is 16.1. The number of ketones is 1. The highest BCUT2D eigenvalue weighted by Crippen LogP contribution is 2.20. The number of anilines is 2. The quantitative estimate of drug-likeness (QED) is 0.592. The molecule has 1 aromatic rings. The maximum atomic E-state index is 11.2. The monoisotopic (exact) mass is 220 g/mol. The SMILES string of the molecule is CCC(CC)Nc1ccc(C(C)=O)c(N)c1. The molecule has 0 aliphatic carbocycles. The zero-order chi connectivity index (χ0) is 12.1. The summed E-state index contributed by atoms with van der Waals surface area (Å²) in [5, 5.41) is 3.39. The van der Waals surface area contributed by atoms with Gasteiger partial charge in [-0.05, 0) is 38.0 Å². The fourth-order valence-electron chi connectivity index (χ4n) is 1.70.